The number of sulfonamides is 1. The highest BCUT2D eigenvalue weighted by atomic mass is 32.2. The van der Waals surface area contributed by atoms with Gasteiger partial charge in [0.25, 0.3) is 5.91 Å². The van der Waals surface area contributed by atoms with Crippen molar-refractivity contribution in [3.8, 4) is 5.75 Å². The van der Waals surface area contributed by atoms with Gasteiger partial charge in [0.15, 0.2) is 0 Å². The fraction of sp³-hybridized carbons (Fsp3) is 0.208. The summed E-state index contributed by atoms with van der Waals surface area (Å²) >= 11 is 0. The minimum absolute atomic E-state index is 0.136. The predicted octanol–water partition coefficient (Wildman–Crippen LogP) is 3.54. The van der Waals surface area contributed by atoms with Crippen molar-refractivity contribution < 1.29 is 22.7 Å². The molecule has 1 heterocycles. The molecule has 1 N–H and O–H groups in total. The van der Waals surface area contributed by atoms with Gasteiger partial charge in [0.05, 0.1) is 18.1 Å². The topological polar surface area (TPSA) is 84.9 Å². The van der Waals surface area contributed by atoms with Gasteiger partial charge < -0.3 is 14.8 Å². The highest BCUT2D eigenvalue weighted by molar-refractivity contribution is 7.89. The van der Waals surface area contributed by atoms with Crippen LogP contribution in [0, 0.1) is 0 Å². The molecule has 0 unspecified atom stereocenters. The Labute approximate surface area is 187 Å². The summed E-state index contributed by atoms with van der Waals surface area (Å²) in [6.07, 6.45) is 0. The predicted molar refractivity (Wildman–Crippen MR) is 121 cm³/mol. The maximum atomic E-state index is 12.9. The van der Waals surface area contributed by atoms with E-state index in [0.717, 1.165) is 5.56 Å². The molecule has 1 saturated heterocycles. The summed E-state index contributed by atoms with van der Waals surface area (Å²) < 4.78 is 38.2. The van der Waals surface area contributed by atoms with E-state index in [9.17, 15) is 13.2 Å². The van der Waals surface area contributed by atoms with Crippen LogP contribution in [-0.4, -0.2) is 44.9 Å². The molecule has 0 aliphatic carbocycles. The van der Waals surface area contributed by atoms with Gasteiger partial charge in [-0.2, -0.15) is 4.31 Å². The number of carbonyl (C=O) groups excluding carboxylic acids is 1. The molecule has 32 heavy (non-hydrogen) atoms. The zero-order valence-electron chi connectivity index (χ0n) is 17.4. The number of morpholine rings is 1. The van der Waals surface area contributed by atoms with Crippen LogP contribution in [-0.2, 0) is 21.4 Å². The molecule has 0 aromatic heterocycles. The number of hydrogen-bond acceptors (Lipinski definition) is 5. The van der Waals surface area contributed by atoms with E-state index in [1.807, 2.05) is 30.3 Å². The number of hydrogen-bond donors (Lipinski definition) is 1. The number of nitrogens with one attached hydrogen (secondary N) is 1. The number of rotatable bonds is 7. The van der Waals surface area contributed by atoms with Crippen molar-refractivity contribution in [3.05, 3.63) is 90.0 Å². The highest BCUT2D eigenvalue weighted by Crippen LogP contribution is 2.22. The second-order valence-corrected chi connectivity index (χ2v) is 9.24. The van der Waals surface area contributed by atoms with Crippen LogP contribution < -0.4 is 10.1 Å². The number of nitrogens with zero attached hydrogens (tertiary/aromatic N) is 1. The first-order valence-corrected chi connectivity index (χ1v) is 11.7. The van der Waals surface area contributed by atoms with Crippen molar-refractivity contribution in [1.82, 2.24) is 4.31 Å². The van der Waals surface area contributed by atoms with E-state index in [1.165, 1.54) is 16.4 Å². The fourth-order valence-corrected chi connectivity index (χ4v) is 4.80. The first kappa shape index (κ1) is 22.0. The third kappa shape index (κ3) is 5.34. The summed E-state index contributed by atoms with van der Waals surface area (Å²) in [4.78, 5) is 12.9. The summed E-state index contributed by atoms with van der Waals surface area (Å²) in [7, 11) is -3.64. The van der Waals surface area contributed by atoms with Crippen LogP contribution in [0.5, 0.6) is 5.75 Å². The minimum atomic E-state index is -3.64. The SMILES string of the molecule is O=C(Nc1cccc(S(=O)(=O)N2CCOCC2)c1)c1cccc(OCc2ccccc2)c1. The van der Waals surface area contributed by atoms with E-state index < -0.39 is 10.0 Å². The quantitative estimate of drug-likeness (QED) is 0.593. The van der Waals surface area contributed by atoms with Gasteiger partial charge in [-0.15, -0.1) is 0 Å². The average Bonchev–Trinajstić information content (AvgIpc) is 2.84. The largest absolute Gasteiger partial charge is 0.489 e. The van der Waals surface area contributed by atoms with Crippen LogP contribution in [0.2, 0.25) is 0 Å². The van der Waals surface area contributed by atoms with E-state index >= 15 is 0 Å². The van der Waals surface area contributed by atoms with Gasteiger partial charge in [0.1, 0.15) is 12.4 Å². The molecule has 166 valence electrons. The Hall–Kier alpha value is -3.20. The Balaban J connectivity index is 1.44. The average molecular weight is 453 g/mol. The Morgan fingerprint density at radius 1 is 0.938 bits per heavy atom. The van der Waals surface area contributed by atoms with Gasteiger partial charge in [0.2, 0.25) is 10.0 Å². The van der Waals surface area contributed by atoms with Crippen LogP contribution in [0.4, 0.5) is 5.69 Å². The van der Waals surface area contributed by atoms with Crippen molar-refractivity contribution >= 4 is 21.6 Å². The molecular formula is C24H24N2O5S. The van der Waals surface area contributed by atoms with Gasteiger partial charge in [-0.25, -0.2) is 8.42 Å². The molecule has 1 amide bonds. The van der Waals surface area contributed by atoms with Crippen LogP contribution in [0.15, 0.2) is 83.8 Å². The first-order valence-electron chi connectivity index (χ1n) is 10.3. The lowest BCUT2D eigenvalue weighted by Crippen LogP contribution is -2.40. The zero-order valence-corrected chi connectivity index (χ0v) is 18.3. The molecule has 3 aromatic rings. The highest BCUT2D eigenvalue weighted by Gasteiger charge is 2.26. The van der Waals surface area contributed by atoms with Crippen LogP contribution in [0.1, 0.15) is 15.9 Å². The molecule has 1 aliphatic rings. The Morgan fingerprint density at radius 2 is 1.69 bits per heavy atom. The summed E-state index contributed by atoms with van der Waals surface area (Å²) in [5.74, 6) is 0.223. The molecule has 0 spiro atoms. The normalized spacial score (nSPS) is 14.6. The van der Waals surface area contributed by atoms with Gasteiger partial charge in [0, 0.05) is 24.3 Å². The van der Waals surface area contributed by atoms with E-state index in [-0.39, 0.29) is 10.8 Å². The summed E-state index contributed by atoms with van der Waals surface area (Å²) in [6.45, 7) is 1.77. The van der Waals surface area contributed by atoms with Crippen LogP contribution in [0.3, 0.4) is 0 Å². The van der Waals surface area contributed by atoms with Crippen LogP contribution in [0.25, 0.3) is 0 Å². The lowest BCUT2D eigenvalue weighted by atomic mass is 10.2. The smallest absolute Gasteiger partial charge is 0.255 e. The zero-order chi connectivity index (χ0) is 22.4. The second-order valence-electron chi connectivity index (χ2n) is 7.30. The molecule has 4 rings (SSSR count). The van der Waals surface area contributed by atoms with Crippen molar-refractivity contribution in [2.24, 2.45) is 0 Å². The minimum Gasteiger partial charge on any atom is -0.489 e. The molecule has 3 aromatic carbocycles. The van der Waals surface area contributed by atoms with Crippen molar-refractivity contribution in [2.45, 2.75) is 11.5 Å². The lowest BCUT2D eigenvalue weighted by molar-refractivity contribution is 0.0730. The maximum absolute atomic E-state index is 12.9. The summed E-state index contributed by atoms with van der Waals surface area (Å²) in [5.41, 5.74) is 1.84. The lowest BCUT2D eigenvalue weighted by Gasteiger charge is -2.26. The van der Waals surface area contributed by atoms with Crippen LogP contribution >= 0.6 is 0 Å². The van der Waals surface area contributed by atoms with Crippen molar-refractivity contribution in [1.29, 1.82) is 0 Å². The molecule has 0 saturated carbocycles. The second kappa shape index (κ2) is 9.95. The Bertz CT molecular complexity index is 1180. The number of benzene rings is 3. The maximum Gasteiger partial charge on any atom is 0.255 e. The van der Waals surface area contributed by atoms with Crippen molar-refractivity contribution in [3.63, 3.8) is 0 Å². The van der Waals surface area contributed by atoms with E-state index in [4.69, 9.17) is 9.47 Å². The third-order valence-electron chi connectivity index (χ3n) is 5.04. The molecular weight excluding hydrogens is 428 g/mol. The van der Waals surface area contributed by atoms with E-state index in [0.29, 0.717) is 49.9 Å². The van der Waals surface area contributed by atoms with Crippen molar-refractivity contribution in [2.75, 3.05) is 31.6 Å². The van der Waals surface area contributed by atoms with E-state index in [1.54, 1.807) is 36.4 Å². The van der Waals surface area contributed by atoms with E-state index in [2.05, 4.69) is 5.32 Å². The Kier molecular flexibility index (Phi) is 6.84. The monoisotopic (exact) mass is 452 g/mol. The fourth-order valence-electron chi connectivity index (χ4n) is 3.34. The summed E-state index contributed by atoms with van der Waals surface area (Å²) in [6, 6.07) is 22.9. The molecule has 0 atom stereocenters. The molecule has 0 radical (unpaired) electrons. The molecule has 1 aliphatic heterocycles. The number of amides is 1. The standard InChI is InChI=1S/C24H24N2O5S/c27-24(20-8-4-10-22(16-20)31-18-19-6-2-1-3-7-19)25-21-9-5-11-23(17-21)32(28,29)26-12-14-30-15-13-26/h1-11,16-17H,12-15,18H2,(H,25,27). The molecule has 8 heteroatoms. The molecule has 1 fully saturated rings. The molecule has 7 nitrogen and oxygen atoms in total. The van der Waals surface area contributed by atoms with Gasteiger partial charge in [-0.05, 0) is 42.0 Å². The third-order valence-corrected chi connectivity index (χ3v) is 6.94. The number of anilines is 1. The van der Waals surface area contributed by atoms with Gasteiger partial charge in [-0.1, -0.05) is 42.5 Å². The molecule has 0 bridgehead atoms. The first-order chi connectivity index (χ1) is 15.5. The number of ether oxygens (including phenoxy) is 2. The number of carbonyl (C=O) groups is 1. The van der Waals surface area contributed by atoms with Gasteiger partial charge in [-0.3, -0.25) is 4.79 Å². The van der Waals surface area contributed by atoms with Gasteiger partial charge >= 0.3 is 0 Å². The Morgan fingerprint density at radius 3 is 2.47 bits per heavy atom. The summed E-state index contributed by atoms with van der Waals surface area (Å²) in [5, 5.41) is 2.77.